The maximum absolute atomic E-state index is 11.8. The minimum atomic E-state index is -0.623. The molecular weight excluding hydrogens is 234 g/mol. The molecule has 2 rings (SSSR count). The Morgan fingerprint density at radius 3 is 3.06 bits per heavy atom. The lowest BCUT2D eigenvalue weighted by Gasteiger charge is -2.15. The van der Waals surface area contributed by atoms with Crippen LogP contribution in [-0.2, 0) is 20.9 Å². The average molecular weight is 249 g/mol. The molecule has 6 nitrogen and oxygen atoms in total. The van der Waals surface area contributed by atoms with Gasteiger partial charge in [0.1, 0.15) is 6.04 Å². The molecule has 1 aromatic carbocycles. The molecule has 0 fully saturated rings. The van der Waals surface area contributed by atoms with Crippen molar-refractivity contribution in [3.63, 3.8) is 0 Å². The minimum Gasteiger partial charge on any atom is -0.469 e. The van der Waals surface area contributed by atoms with Crippen molar-refractivity contribution in [1.82, 2.24) is 5.32 Å². The van der Waals surface area contributed by atoms with Gasteiger partial charge in [-0.15, -0.1) is 0 Å². The topological polar surface area (TPSA) is 93.4 Å². The molecule has 96 valence electrons. The van der Waals surface area contributed by atoms with Crippen LogP contribution >= 0.6 is 0 Å². The van der Waals surface area contributed by atoms with Crippen molar-refractivity contribution >= 4 is 23.3 Å². The number of rotatable bonds is 2. The second-order valence-electron chi connectivity index (χ2n) is 4.11. The lowest BCUT2D eigenvalue weighted by molar-refractivity contribution is -0.142. The van der Waals surface area contributed by atoms with Crippen molar-refractivity contribution in [3.8, 4) is 0 Å². The number of nitrogen functional groups attached to an aromatic ring is 1. The molecule has 0 spiro atoms. The Morgan fingerprint density at radius 2 is 2.33 bits per heavy atom. The molecule has 4 N–H and O–H groups in total. The third-order valence-corrected chi connectivity index (χ3v) is 2.83. The fraction of sp³-hybridized carbons (Fsp3) is 0.333. The van der Waals surface area contributed by atoms with E-state index in [4.69, 9.17) is 5.73 Å². The van der Waals surface area contributed by atoms with Crippen molar-refractivity contribution in [1.29, 1.82) is 0 Å². The van der Waals surface area contributed by atoms with E-state index in [1.54, 1.807) is 18.2 Å². The summed E-state index contributed by atoms with van der Waals surface area (Å²) in [7, 11) is 1.30. The molecule has 1 aliphatic heterocycles. The summed E-state index contributed by atoms with van der Waals surface area (Å²) in [6.07, 6.45) is -0.00779. The molecular formula is C12H15N3O3. The summed E-state index contributed by atoms with van der Waals surface area (Å²) in [6, 6.07) is 4.72. The predicted octanol–water partition coefficient (Wildman–Crippen LogP) is 0.242. The molecule has 6 heteroatoms. The summed E-state index contributed by atoms with van der Waals surface area (Å²) >= 11 is 0. The molecule has 1 amide bonds. The van der Waals surface area contributed by atoms with E-state index in [0.717, 1.165) is 11.3 Å². The third-order valence-electron chi connectivity index (χ3n) is 2.83. The zero-order chi connectivity index (χ0) is 13.1. The number of carbonyl (C=O) groups is 2. The van der Waals surface area contributed by atoms with Crippen molar-refractivity contribution in [2.75, 3.05) is 18.2 Å². The van der Waals surface area contributed by atoms with Crippen molar-refractivity contribution in [2.45, 2.75) is 19.0 Å². The highest BCUT2D eigenvalue weighted by molar-refractivity contribution is 5.90. The first-order chi connectivity index (χ1) is 8.60. The highest BCUT2D eigenvalue weighted by Gasteiger charge is 2.25. The van der Waals surface area contributed by atoms with Gasteiger partial charge in [0.2, 0.25) is 5.91 Å². The van der Waals surface area contributed by atoms with Crippen LogP contribution in [0.4, 0.5) is 11.4 Å². The van der Waals surface area contributed by atoms with Crippen LogP contribution in [0.3, 0.4) is 0 Å². The summed E-state index contributed by atoms with van der Waals surface area (Å²) in [5.41, 5.74) is 8.03. The first-order valence-corrected chi connectivity index (χ1v) is 5.59. The fourth-order valence-corrected chi connectivity index (χ4v) is 1.85. The smallest absolute Gasteiger partial charge is 0.308 e. The Morgan fingerprint density at radius 1 is 1.56 bits per heavy atom. The van der Waals surface area contributed by atoms with Gasteiger partial charge < -0.3 is 21.1 Å². The zero-order valence-electron chi connectivity index (χ0n) is 10.0. The number of nitrogens with one attached hydrogen (secondary N) is 2. The lowest BCUT2D eigenvalue weighted by atomic mass is 10.1. The van der Waals surface area contributed by atoms with Crippen LogP contribution in [0.25, 0.3) is 0 Å². The molecule has 1 aromatic rings. The Bertz CT molecular complexity index is 487. The number of amides is 1. The van der Waals surface area contributed by atoms with Gasteiger partial charge in [-0.05, 0) is 23.8 Å². The molecule has 18 heavy (non-hydrogen) atoms. The van der Waals surface area contributed by atoms with Gasteiger partial charge in [0.25, 0.3) is 0 Å². The normalized spacial score (nSPS) is 18.1. The quantitative estimate of drug-likeness (QED) is 0.516. The number of nitrogens with two attached hydrogens (primary N) is 1. The number of methoxy groups -OCH3 is 1. The second kappa shape index (κ2) is 4.95. The van der Waals surface area contributed by atoms with Gasteiger partial charge in [-0.3, -0.25) is 9.59 Å². The predicted molar refractivity (Wildman–Crippen MR) is 66.7 cm³/mol. The lowest BCUT2D eigenvalue weighted by Crippen LogP contribution is -2.38. The van der Waals surface area contributed by atoms with E-state index in [2.05, 4.69) is 15.4 Å². The molecule has 0 radical (unpaired) electrons. The number of anilines is 2. The molecule has 0 aliphatic carbocycles. The van der Waals surface area contributed by atoms with Crippen LogP contribution < -0.4 is 16.4 Å². The number of benzene rings is 1. The third kappa shape index (κ3) is 2.53. The van der Waals surface area contributed by atoms with Crippen LogP contribution in [0.2, 0.25) is 0 Å². The molecule has 0 bridgehead atoms. The van der Waals surface area contributed by atoms with Crippen molar-refractivity contribution in [3.05, 3.63) is 23.8 Å². The number of hydrogen-bond acceptors (Lipinski definition) is 5. The number of ether oxygens (including phenoxy) is 1. The van der Waals surface area contributed by atoms with Gasteiger partial charge in [0.15, 0.2) is 0 Å². The molecule has 1 atom stereocenters. The maximum atomic E-state index is 11.8. The van der Waals surface area contributed by atoms with Crippen molar-refractivity contribution < 1.29 is 14.3 Å². The average Bonchev–Trinajstić information content (AvgIpc) is 2.50. The summed E-state index contributed by atoms with van der Waals surface area (Å²) in [6.45, 7) is 0.393. The molecule has 1 heterocycles. The number of fused-ring (bicyclic) bond motifs is 1. The van der Waals surface area contributed by atoms with Crippen LogP contribution in [0.5, 0.6) is 0 Å². The highest BCUT2D eigenvalue weighted by atomic mass is 16.5. The molecule has 1 aliphatic rings. The van der Waals surface area contributed by atoms with E-state index >= 15 is 0 Å². The Labute approximate surface area is 104 Å². The van der Waals surface area contributed by atoms with Gasteiger partial charge in [0.05, 0.1) is 13.5 Å². The fourth-order valence-electron chi connectivity index (χ4n) is 1.85. The van der Waals surface area contributed by atoms with Crippen LogP contribution in [0.15, 0.2) is 18.2 Å². The molecule has 0 aromatic heterocycles. The monoisotopic (exact) mass is 249 g/mol. The van der Waals surface area contributed by atoms with Crippen molar-refractivity contribution in [2.24, 2.45) is 0 Å². The Balaban J connectivity index is 2.21. The van der Waals surface area contributed by atoms with E-state index < -0.39 is 12.0 Å². The minimum absolute atomic E-state index is 0.00779. The van der Waals surface area contributed by atoms with E-state index in [9.17, 15) is 9.59 Å². The number of hydrogen-bond donors (Lipinski definition) is 3. The van der Waals surface area contributed by atoms with Gasteiger partial charge in [-0.2, -0.15) is 0 Å². The maximum Gasteiger partial charge on any atom is 0.308 e. The van der Waals surface area contributed by atoms with Gasteiger partial charge in [-0.1, -0.05) is 0 Å². The highest BCUT2D eigenvalue weighted by Crippen LogP contribution is 2.22. The van der Waals surface area contributed by atoms with Crippen LogP contribution in [0.1, 0.15) is 12.0 Å². The summed E-state index contributed by atoms with van der Waals surface area (Å²) < 4.78 is 4.57. The van der Waals surface area contributed by atoms with E-state index in [0.29, 0.717) is 12.2 Å². The summed E-state index contributed by atoms with van der Waals surface area (Å²) in [5, 5.41) is 5.78. The molecule has 0 saturated heterocycles. The van der Waals surface area contributed by atoms with Gasteiger partial charge >= 0.3 is 5.97 Å². The van der Waals surface area contributed by atoms with Crippen LogP contribution in [-0.4, -0.2) is 25.0 Å². The largest absolute Gasteiger partial charge is 0.469 e. The van der Waals surface area contributed by atoms with E-state index in [1.165, 1.54) is 7.11 Å². The first kappa shape index (κ1) is 12.2. The Kier molecular flexibility index (Phi) is 3.36. The SMILES string of the molecule is COC(=O)C[C@@H]1Nc2ccc(N)cc2CNC1=O. The Hall–Kier alpha value is -2.24. The number of carbonyl (C=O) groups excluding carboxylic acids is 2. The standard InChI is InChI=1S/C12H15N3O3/c1-18-11(16)5-10-12(17)14-6-7-4-8(13)2-3-9(7)15-10/h2-4,10,15H,5-6,13H2,1H3,(H,14,17)/t10-/m0/s1. The van der Waals surface area contributed by atoms with E-state index in [1.807, 2.05) is 0 Å². The summed E-state index contributed by atoms with van der Waals surface area (Å²) in [4.78, 5) is 23.0. The van der Waals surface area contributed by atoms with E-state index in [-0.39, 0.29) is 12.3 Å². The zero-order valence-corrected chi connectivity index (χ0v) is 10.0. The van der Waals surface area contributed by atoms with Gasteiger partial charge in [0, 0.05) is 17.9 Å². The number of esters is 1. The second-order valence-corrected chi connectivity index (χ2v) is 4.11. The molecule has 0 unspecified atom stereocenters. The van der Waals surface area contributed by atoms with Crippen LogP contribution in [0, 0.1) is 0 Å². The first-order valence-electron chi connectivity index (χ1n) is 5.59. The molecule has 0 saturated carbocycles. The summed E-state index contributed by atoms with van der Waals surface area (Å²) in [5.74, 6) is -0.656. The van der Waals surface area contributed by atoms with Gasteiger partial charge in [-0.25, -0.2) is 0 Å².